The number of carbonyl (C=O) groups is 1. The fourth-order valence-corrected chi connectivity index (χ4v) is 5.29. The number of amides is 1. The molecule has 5 rings (SSSR count). The minimum absolute atomic E-state index is 0.429. The summed E-state index contributed by atoms with van der Waals surface area (Å²) in [7, 11) is 0. The van der Waals surface area contributed by atoms with Crippen LogP contribution in [0.3, 0.4) is 0 Å². The lowest BCUT2D eigenvalue weighted by molar-refractivity contribution is 0.0500. The Morgan fingerprint density at radius 3 is 2.58 bits per heavy atom. The highest BCUT2D eigenvalue weighted by atomic mass is 32.1. The number of hydrogen-bond donors (Lipinski definition) is 2. The normalized spacial score (nSPS) is 12.5. The molecule has 7 nitrogen and oxygen atoms in total. The first-order valence-electron chi connectivity index (χ1n) is 12.9. The number of benzene rings is 2. The summed E-state index contributed by atoms with van der Waals surface area (Å²) < 4.78 is 7.80. The van der Waals surface area contributed by atoms with E-state index in [1.165, 1.54) is 10.4 Å². The van der Waals surface area contributed by atoms with Crippen molar-refractivity contribution in [3.8, 4) is 0 Å². The topological polar surface area (TPSA) is 84.8 Å². The van der Waals surface area contributed by atoms with E-state index in [0.29, 0.717) is 13.0 Å². The van der Waals surface area contributed by atoms with Crippen molar-refractivity contribution in [1.82, 2.24) is 25.1 Å². The van der Waals surface area contributed by atoms with Gasteiger partial charge in [-0.3, -0.25) is 0 Å². The molecule has 1 amide bonds. The van der Waals surface area contributed by atoms with Gasteiger partial charge in [-0.05, 0) is 55.8 Å². The van der Waals surface area contributed by atoms with Crippen LogP contribution in [0.25, 0.3) is 10.9 Å². The molecule has 0 aliphatic heterocycles. The lowest BCUT2D eigenvalue weighted by Gasteiger charge is -2.24. The number of carbonyl (C=O) groups excluding carboxylic acids is 1. The van der Waals surface area contributed by atoms with Crippen LogP contribution < -0.4 is 5.32 Å². The first kappa shape index (κ1) is 25.7. The molecule has 1 atom stereocenters. The van der Waals surface area contributed by atoms with Gasteiger partial charge >= 0.3 is 6.09 Å². The Bertz CT molecular complexity index is 1480. The molecule has 0 fully saturated rings. The van der Waals surface area contributed by atoms with E-state index in [0.717, 1.165) is 41.0 Å². The third kappa shape index (κ3) is 6.31. The van der Waals surface area contributed by atoms with Crippen LogP contribution in [-0.4, -0.2) is 31.4 Å². The zero-order chi connectivity index (χ0) is 26.5. The van der Waals surface area contributed by atoms with Gasteiger partial charge in [0.2, 0.25) is 0 Å². The van der Waals surface area contributed by atoms with E-state index in [4.69, 9.17) is 4.74 Å². The van der Waals surface area contributed by atoms with Crippen LogP contribution in [0.2, 0.25) is 0 Å². The Morgan fingerprint density at radius 1 is 1.03 bits per heavy atom. The third-order valence-electron chi connectivity index (χ3n) is 6.33. The molecule has 38 heavy (non-hydrogen) atoms. The number of thiophene rings is 1. The molecule has 196 valence electrons. The van der Waals surface area contributed by atoms with Crippen LogP contribution >= 0.6 is 11.3 Å². The molecule has 0 saturated heterocycles. The van der Waals surface area contributed by atoms with Crippen LogP contribution in [0, 0.1) is 0 Å². The van der Waals surface area contributed by atoms with Crippen LogP contribution in [-0.2, 0) is 30.5 Å². The highest BCUT2D eigenvalue weighted by molar-refractivity contribution is 7.09. The van der Waals surface area contributed by atoms with Gasteiger partial charge in [0.1, 0.15) is 11.4 Å². The summed E-state index contributed by atoms with van der Waals surface area (Å²) in [6, 6.07) is 22.3. The highest BCUT2D eigenvalue weighted by Crippen LogP contribution is 2.26. The molecule has 3 heterocycles. The Balaban J connectivity index is 1.50. The Hall–Kier alpha value is -3.91. The van der Waals surface area contributed by atoms with E-state index in [9.17, 15) is 4.79 Å². The first-order chi connectivity index (χ1) is 18.4. The van der Waals surface area contributed by atoms with Crippen molar-refractivity contribution in [1.29, 1.82) is 0 Å². The maximum atomic E-state index is 13.0. The van der Waals surface area contributed by atoms with Gasteiger partial charge in [0.15, 0.2) is 5.82 Å². The minimum atomic E-state index is -0.610. The monoisotopic (exact) mass is 527 g/mol. The predicted molar refractivity (Wildman–Crippen MR) is 151 cm³/mol. The number of nitrogens with zero attached hydrogens (tertiary/aromatic N) is 3. The van der Waals surface area contributed by atoms with E-state index in [1.807, 2.05) is 45.2 Å². The van der Waals surface area contributed by atoms with Crippen LogP contribution in [0.15, 0.2) is 78.3 Å². The number of para-hydroxylation sites is 1. The lowest BCUT2D eigenvalue weighted by atomic mass is 10.0. The van der Waals surface area contributed by atoms with E-state index in [-0.39, 0.29) is 0 Å². The molecule has 3 aromatic heterocycles. The molecule has 2 aromatic carbocycles. The van der Waals surface area contributed by atoms with Gasteiger partial charge in [0.05, 0.1) is 12.6 Å². The second kappa shape index (κ2) is 11.2. The molecule has 2 N–H and O–H groups in total. The van der Waals surface area contributed by atoms with Gasteiger partial charge < -0.3 is 19.6 Å². The minimum Gasteiger partial charge on any atom is -0.444 e. The zero-order valence-electron chi connectivity index (χ0n) is 22.0. The van der Waals surface area contributed by atoms with Crippen molar-refractivity contribution in [2.75, 3.05) is 0 Å². The van der Waals surface area contributed by atoms with Gasteiger partial charge in [-0.25, -0.2) is 4.79 Å². The second-order valence-electron chi connectivity index (χ2n) is 10.4. The van der Waals surface area contributed by atoms with Crippen molar-refractivity contribution >= 4 is 28.3 Å². The van der Waals surface area contributed by atoms with Crippen molar-refractivity contribution < 1.29 is 9.53 Å². The Labute approximate surface area is 226 Å². The van der Waals surface area contributed by atoms with Gasteiger partial charge in [0, 0.05) is 34.8 Å². The van der Waals surface area contributed by atoms with E-state index >= 15 is 0 Å². The molecule has 0 saturated carbocycles. The average molecular weight is 528 g/mol. The highest BCUT2D eigenvalue weighted by Gasteiger charge is 2.27. The largest absolute Gasteiger partial charge is 0.444 e. The number of aromatic nitrogens is 4. The van der Waals surface area contributed by atoms with Gasteiger partial charge in [-0.1, -0.05) is 54.6 Å². The number of ether oxygens (including phenoxy) is 1. The van der Waals surface area contributed by atoms with E-state index in [2.05, 4.69) is 79.0 Å². The SMILES string of the molecule is CC(C)(C)OC(=O)N[C@H](Cc1c[nH]c2ccccc12)c1nnc(CCc2ccccc2)n1Cc1cccs1. The summed E-state index contributed by atoms with van der Waals surface area (Å²) >= 11 is 1.70. The lowest BCUT2D eigenvalue weighted by Crippen LogP contribution is -2.37. The van der Waals surface area contributed by atoms with Crippen LogP contribution in [0.4, 0.5) is 4.79 Å². The number of alkyl carbamates (subject to hydrolysis) is 1. The molecule has 5 aromatic rings. The number of aryl methyl sites for hydroxylation is 2. The van der Waals surface area contributed by atoms with Crippen LogP contribution in [0.5, 0.6) is 0 Å². The number of fused-ring (bicyclic) bond motifs is 1. The van der Waals surface area contributed by atoms with Crippen molar-refractivity contribution in [3.05, 3.63) is 106 Å². The first-order valence-corrected chi connectivity index (χ1v) is 13.8. The molecular weight excluding hydrogens is 494 g/mol. The summed E-state index contributed by atoms with van der Waals surface area (Å²) in [5.41, 5.74) is 2.79. The molecular formula is C30H33N5O2S. The maximum absolute atomic E-state index is 13.0. The summed E-state index contributed by atoms with van der Waals surface area (Å²) in [6.45, 7) is 6.23. The standard InChI is InChI=1S/C30H33N5O2S/c1-30(2,3)37-29(36)32-26(18-22-19-31-25-14-8-7-13-24(22)25)28-34-33-27(16-15-21-10-5-4-6-11-21)35(28)20-23-12-9-17-38-23/h4-14,17,19,26,31H,15-16,18,20H2,1-3H3,(H,32,36)/t26-/m1/s1. The molecule has 0 bridgehead atoms. The number of hydrogen-bond acceptors (Lipinski definition) is 5. The summed E-state index contributed by atoms with van der Waals surface area (Å²) in [4.78, 5) is 17.5. The Kier molecular flexibility index (Phi) is 7.60. The summed E-state index contributed by atoms with van der Waals surface area (Å²) in [5, 5.41) is 15.6. The number of H-pyrrole nitrogens is 1. The fraction of sp³-hybridized carbons (Fsp3) is 0.300. The quantitative estimate of drug-likeness (QED) is 0.230. The average Bonchev–Trinajstić information content (AvgIpc) is 3.63. The molecule has 0 aliphatic carbocycles. The number of rotatable bonds is 9. The van der Waals surface area contributed by atoms with Gasteiger partial charge in [-0.2, -0.15) is 0 Å². The van der Waals surface area contributed by atoms with E-state index < -0.39 is 17.7 Å². The molecule has 0 radical (unpaired) electrons. The molecule has 0 aliphatic rings. The van der Waals surface area contributed by atoms with Crippen molar-refractivity contribution in [3.63, 3.8) is 0 Å². The summed E-state index contributed by atoms with van der Waals surface area (Å²) in [5.74, 6) is 1.62. The smallest absolute Gasteiger partial charge is 0.408 e. The van der Waals surface area contributed by atoms with Crippen LogP contribution in [0.1, 0.15) is 54.5 Å². The number of nitrogens with one attached hydrogen (secondary N) is 2. The second-order valence-corrected chi connectivity index (χ2v) is 11.4. The molecule has 0 spiro atoms. The summed E-state index contributed by atoms with van der Waals surface area (Å²) in [6.07, 6.45) is 3.68. The third-order valence-corrected chi connectivity index (χ3v) is 7.19. The zero-order valence-corrected chi connectivity index (χ0v) is 22.8. The van der Waals surface area contributed by atoms with Crippen molar-refractivity contribution in [2.45, 2.75) is 58.2 Å². The predicted octanol–water partition coefficient (Wildman–Crippen LogP) is 6.46. The van der Waals surface area contributed by atoms with Crippen molar-refractivity contribution in [2.24, 2.45) is 0 Å². The molecule has 0 unspecified atom stereocenters. The van der Waals surface area contributed by atoms with Gasteiger partial charge in [0.25, 0.3) is 0 Å². The molecule has 8 heteroatoms. The van der Waals surface area contributed by atoms with Gasteiger partial charge in [-0.15, -0.1) is 21.5 Å². The number of aromatic amines is 1. The fourth-order valence-electron chi connectivity index (χ4n) is 4.60. The van der Waals surface area contributed by atoms with E-state index in [1.54, 1.807) is 11.3 Å². The maximum Gasteiger partial charge on any atom is 0.408 e. The Morgan fingerprint density at radius 2 is 1.82 bits per heavy atom.